The van der Waals surface area contributed by atoms with Gasteiger partial charge in [0.05, 0.1) is 0 Å². The second-order valence-electron chi connectivity index (χ2n) is 15.9. The maximum absolute atomic E-state index is 11.4. The number of ketones is 1. The van der Waals surface area contributed by atoms with E-state index < -0.39 is 0 Å². The van der Waals surface area contributed by atoms with Gasteiger partial charge < -0.3 is 9.47 Å². The highest BCUT2D eigenvalue weighted by Gasteiger charge is 2.38. The summed E-state index contributed by atoms with van der Waals surface area (Å²) in [6.45, 7) is 20.1. The Hall–Kier alpha value is -4.18. The van der Waals surface area contributed by atoms with Gasteiger partial charge in [-0.05, 0) is 149 Å². The zero-order valence-electron chi connectivity index (χ0n) is 29.6. The van der Waals surface area contributed by atoms with Gasteiger partial charge in [-0.3, -0.25) is 9.59 Å². The maximum atomic E-state index is 11.4. The molecule has 0 bridgehead atoms. The first-order valence-electron chi connectivity index (χ1n) is 16.8. The van der Waals surface area contributed by atoms with E-state index in [4.69, 9.17) is 9.47 Å². The van der Waals surface area contributed by atoms with Crippen LogP contribution in [0, 0.1) is 0 Å². The normalized spacial score (nSPS) is 18.0. The number of aldehydes is 1. The van der Waals surface area contributed by atoms with Crippen molar-refractivity contribution in [1.29, 1.82) is 0 Å². The quantitative estimate of drug-likeness (QED) is 0.157. The second kappa shape index (κ2) is 12.8. The summed E-state index contributed by atoms with van der Waals surface area (Å²) in [7, 11) is 0. The lowest BCUT2D eigenvalue weighted by molar-refractivity contribution is 0.101. The van der Waals surface area contributed by atoms with Crippen molar-refractivity contribution in [3.8, 4) is 23.0 Å². The summed E-state index contributed by atoms with van der Waals surface area (Å²) in [6, 6.07) is 27.4. The van der Waals surface area contributed by atoms with Crippen molar-refractivity contribution in [3.63, 3.8) is 0 Å². The Kier molecular flexibility index (Phi) is 9.29. The smallest absolute Gasteiger partial charge is 0.159 e. The summed E-state index contributed by atoms with van der Waals surface area (Å²) in [6.07, 6.45) is 5.63. The van der Waals surface area contributed by atoms with Crippen molar-refractivity contribution in [3.05, 3.63) is 118 Å². The van der Waals surface area contributed by atoms with Gasteiger partial charge in [-0.25, -0.2) is 0 Å². The van der Waals surface area contributed by atoms with Crippen LogP contribution in [0.15, 0.2) is 84.9 Å². The molecule has 0 atom stereocenters. The van der Waals surface area contributed by atoms with E-state index in [0.717, 1.165) is 29.3 Å². The molecule has 0 fully saturated rings. The number of carbonyl (C=O) groups is 2. The molecule has 0 amide bonds. The summed E-state index contributed by atoms with van der Waals surface area (Å²) >= 11 is 0. The number of rotatable bonds is 6. The molecule has 2 aliphatic rings. The number of fused-ring (bicyclic) bond motifs is 2. The molecule has 4 aromatic carbocycles. The second-order valence-corrected chi connectivity index (χ2v) is 15.9. The minimum atomic E-state index is 0.0688. The molecule has 0 saturated heterocycles. The molecule has 0 heterocycles. The van der Waals surface area contributed by atoms with Crippen LogP contribution in [-0.4, -0.2) is 12.1 Å². The molecule has 4 nitrogen and oxygen atoms in total. The summed E-state index contributed by atoms with van der Waals surface area (Å²) < 4.78 is 12.0. The Bertz CT molecular complexity index is 1750. The first-order valence-corrected chi connectivity index (χ1v) is 16.8. The summed E-state index contributed by atoms with van der Waals surface area (Å²) in [4.78, 5) is 22.1. The summed E-state index contributed by atoms with van der Waals surface area (Å²) in [5.41, 5.74) is 7.76. The molecular weight excluding hydrogens is 580 g/mol. The Morgan fingerprint density at radius 1 is 0.511 bits per heavy atom. The Morgan fingerprint density at radius 2 is 0.851 bits per heavy atom. The molecule has 6 rings (SSSR count). The van der Waals surface area contributed by atoms with Gasteiger partial charge in [0.15, 0.2) is 5.78 Å². The molecule has 4 heteroatoms. The van der Waals surface area contributed by atoms with E-state index in [0.29, 0.717) is 11.1 Å². The van der Waals surface area contributed by atoms with E-state index in [1.165, 1.54) is 47.9 Å². The van der Waals surface area contributed by atoms with Crippen LogP contribution in [-0.2, 0) is 21.7 Å². The van der Waals surface area contributed by atoms with Gasteiger partial charge in [-0.2, -0.15) is 0 Å². The van der Waals surface area contributed by atoms with E-state index in [1.807, 2.05) is 36.4 Å². The van der Waals surface area contributed by atoms with Crippen LogP contribution in [0.4, 0.5) is 0 Å². The van der Waals surface area contributed by atoms with Crippen molar-refractivity contribution in [2.24, 2.45) is 0 Å². The third-order valence-corrected chi connectivity index (χ3v) is 10.4. The predicted octanol–water partition coefficient (Wildman–Crippen LogP) is 11.7. The van der Waals surface area contributed by atoms with Crippen molar-refractivity contribution >= 4 is 12.1 Å². The average molecular weight is 631 g/mol. The minimum absolute atomic E-state index is 0.0688. The first-order chi connectivity index (χ1) is 22.0. The van der Waals surface area contributed by atoms with E-state index >= 15 is 0 Å². The fourth-order valence-corrected chi connectivity index (χ4v) is 6.91. The van der Waals surface area contributed by atoms with Gasteiger partial charge in [0, 0.05) is 11.1 Å². The number of hydrogen-bond acceptors (Lipinski definition) is 4. The number of carbonyl (C=O) groups excluding carboxylic acids is 2. The zero-order chi connectivity index (χ0) is 34.2. The number of hydrogen-bond donors (Lipinski definition) is 0. The van der Waals surface area contributed by atoms with Crippen LogP contribution in [0.2, 0.25) is 0 Å². The fourth-order valence-electron chi connectivity index (χ4n) is 6.91. The van der Waals surface area contributed by atoms with Crippen LogP contribution in [0.1, 0.15) is 131 Å². The monoisotopic (exact) mass is 630 g/mol. The van der Waals surface area contributed by atoms with Crippen LogP contribution >= 0.6 is 0 Å². The average Bonchev–Trinajstić information content (AvgIpc) is 3.03. The van der Waals surface area contributed by atoms with Crippen molar-refractivity contribution < 1.29 is 19.1 Å². The molecule has 0 unspecified atom stereocenters. The van der Waals surface area contributed by atoms with Crippen LogP contribution in [0.5, 0.6) is 23.0 Å². The van der Waals surface area contributed by atoms with Gasteiger partial charge in [-0.15, -0.1) is 0 Å². The SMILES string of the molecule is CC(=O)c1ccc(Oc2ccc3c(c2)C(C)(C)CCC3(C)C)cc1.CC1(C)CCC(C)(C)c2cc(Oc3ccc(C=O)cc3)ccc21. The Morgan fingerprint density at radius 3 is 1.21 bits per heavy atom. The molecule has 0 aliphatic heterocycles. The van der Waals surface area contributed by atoms with Crippen LogP contribution < -0.4 is 9.47 Å². The molecule has 4 aromatic rings. The molecule has 0 saturated carbocycles. The highest BCUT2D eigenvalue weighted by molar-refractivity contribution is 5.94. The van der Waals surface area contributed by atoms with Gasteiger partial charge in [0.1, 0.15) is 29.3 Å². The fraction of sp³-hybridized carbons (Fsp3) is 0.395. The van der Waals surface area contributed by atoms with Crippen LogP contribution in [0.3, 0.4) is 0 Å². The van der Waals surface area contributed by atoms with Gasteiger partial charge in [-0.1, -0.05) is 67.5 Å². The van der Waals surface area contributed by atoms with Gasteiger partial charge in [0.2, 0.25) is 0 Å². The van der Waals surface area contributed by atoms with E-state index in [2.05, 4.69) is 91.8 Å². The van der Waals surface area contributed by atoms with Crippen molar-refractivity contribution in [2.45, 2.75) is 110 Å². The third-order valence-electron chi connectivity index (χ3n) is 10.4. The highest BCUT2D eigenvalue weighted by Crippen LogP contribution is 2.48. The van der Waals surface area contributed by atoms with Crippen molar-refractivity contribution in [2.75, 3.05) is 0 Å². The topological polar surface area (TPSA) is 52.6 Å². The largest absolute Gasteiger partial charge is 0.457 e. The standard InChI is InChI=1S/C22H26O2.C21H24O2/c1-15(23)16-6-8-17(9-7-16)24-18-10-11-19-20(14-18)22(4,5)13-12-21(19,2)3;1-20(2)11-12-21(3,4)19-13-17(9-10-18(19)20)23-16-7-5-15(14-22)6-8-16/h6-11,14H,12-13H2,1-5H3;5-10,13-14H,11-12H2,1-4H3. The molecule has 47 heavy (non-hydrogen) atoms. The molecule has 0 radical (unpaired) electrons. The predicted molar refractivity (Wildman–Crippen MR) is 192 cm³/mol. The number of ether oxygens (including phenoxy) is 2. The van der Waals surface area contributed by atoms with E-state index in [1.54, 1.807) is 19.1 Å². The molecule has 246 valence electrons. The lowest BCUT2D eigenvalue weighted by Gasteiger charge is -2.41. The lowest BCUT2D eigenvalue weighted by Crippen LogP contribution is -2.33. The van der Waals surface area contributed by atoms with Gasteiger partial charge >= 0.3 is 0 Å². The Balaban J connectivity index is 0.000000185. The van der Waals surface area contributed by atoms with Crippen molar-refractivity contribution in [1.82, 2.24) is 0 Å². The third kappa shape index (κ3) is 7.53. The molecular formula is C43H50O4. The number of benzene rings is 4. The number of Topliss-reactive ketones (excluding diaryl/α,β-unsaturated/α-hetero) is 1. The van der Waals surface area contributed by atoms with Crippen LogP contribution in [0.25, 0.3) is 0 Å². The Labute approximate surface area is 281 Å². The molecule has 0 N–H and O–H groups in total. The highest BCUT2D eigenvalue weighted by atomic mass is 16.5. The minimum Gasteiger partial charge on any atom is -0.457 e. The molecule has 0 spiro atoms. The van der Waals surface area contributed by atoms with Gasteiger partial charge in [0.25, 0.3) is 0 Å². The molecule has 2 aliphatic carbocycles. The molecule has 0 aromatic heterocycles. The lowest BCUT2D eigenvalue weighted by atomic mass is 9.63. The first kappa shape index (κ1) is 34.2. The van der Waals surface area contributed by atoms with E-state index in [-0.39, 0.29) is 27.4 Å². The summed E-state index contributed by atoms with van der Waals surface area (Å²) in [5, 5.41) is 0. The van der Waals surface area contributed by atoms with E-state index in [9.17, 15) is 9.59 Å². The maximum Gasteiger partial charge on any atom is 0.159 e. The zero-order valence-corrected chi connectivity index (χ0v) is 29.6. The summed E-state index contributed by atoms with van der Waals surface area (Å²) in [5.74, 6) is 3.29.